The van der Waals surface area contributed by atoms with E-state index >= 15 is 0 Å². The molecule has 0 fully saturated rings. The van der Waals surface area contributed by atoms with Crippen LogP contribution >= 0.6 is 0 Å². The SMILES string of the molecule is C=C(C)/C(=C\C=C/C)Cn1cc(C(=C)/C=C\C(=C/C)CC(C)C)c(=C/COC)/c1=C\C.CC. The third kappa shape index (κ3) is 10.3. The van der Waals surface area contributed by atoms with Gasteiger partial charge >= 0.3 is 0 Å². The molecular formula is C31H47NO. The van der Waals surface area contributed by atoms with Gasteiger partial charge in [0.25, 0.3) is 0 Å². The average Bonchev–Trinajstić information content (AvgIpc) is 3.15. The second kappa shape index (κ2) is 17.0. The molecule has 1 aromatic rings. The molecule has 1 aromatic heterocycles. The Kier molecular flexibility index (Phi) is 15.6. The summed E-state index contributed by atoms with van der Waals surface area (Å²) < 4.78 is 7.63. The molecular weight excluding hydrogens is 402 g/mol. The van der Waals surface area contributed by atoms with Crippen LogP contribution in [-0.4, -0.2) is 18.3 Å². The van der Waals surface area contributed by atoms with E-state index in [0.29, 0.717) is 12.5 Å². The molecule has 0 aliphatic carbocycles. The Balaban J connectivity index is 0.00000497. The van der Waals surface area contributed by atoms with Gasteiger partial charge in [-0.3, -0.25) is 0 Å². The van der Waals surface area contributed by atoms with Crippen LogP contribution in [0.3, 0.4) is 0 Å². The van der Waals surface area contributed by atoms with E-state index in [9.17, 15) is 0 Å². The summed E-state index contributed by atoms with van der Waals surface area (Å²) >= 11 is 0. The molecule has 0 amide bonds. The minimum absolute atomic E-state index is 0.560. The molecule has 0 unspecified atom stereocenters. The Morgan fingerprint density at radius 3 is 2.27 bits per heavy atom. The van der Waals surface area contributed by atoms with E-state index < -0.39 is 0 Å². The highest BCUT2D eigenvalue weighted by Gasteiger charge is 2.09. The number of aromatic nitrogens is 1. The summed E-state index contributed by atoms with van der Waals surface area (Å²) in [5.74, 6) is 0.626. The second-order valence-electron chi connectivity index (χ2n) is 8.24. The lowest BCUT2D eigenvalue weighted by atomic mass is 10.0. The highest BCUT2D eigenvalue weighted by molar-refractivity contribution is 5.73. The first kappa shape index (κ1) is 30.4. The average molecular weight is 450 g/mol. The molecule has 2 nitrogen and oxygen atoms in total. The molecule has 0 spiro atoms. The number of hydrogen-bond acceptors (Lipinski definition) is 1. The van der Waals surface area contributed by atoms with Crippen molar-refractivity contribution in [2.45, 2.75) is 68.4 Å². The van der Waals surface area contributed by atoms with Gasteiger partial charge in [-0.1, -0.05) is 94.5 Å². The predicted molar refractivity (Wildman–Crippen MR) is 151 cm³/mol. The van der Waals surface area contributed by atoms with E-state index in [1.807, 2.05) is 26.8 Å². The molecule has 1 heterocycles. The van der Waals surface area contributed by atoms with Crippen LogP contribution in [0.1, 0.15) is 67.4 Å². The summed E-state index contributed by atoms with van der Waals surface area (Å²) in [4.78, 5) is 0. The van der Waals surface area contributed by atoms with Gasteiger partial charge in [-0.2, -0.15) is 0 Å². The van der Waals surface area contributed by atoms with Crippen molar-refractivity contribution in [2.75, 3.05) is 13.7 Å². The van der Waals surface area contributed by atoms with Crippen LogP contribution < -0.4 is 10.6 Å². The Hall–Kier alpha value is -2.58. The Labute approximate surface area is 203 Å². The highest BCUT2D eigenvalue weighted by atomic mass is 16.5. The first-order valence-corrected chi connectivity index (χ1v) is 12.1. The van der Waals surface area contributed by atoms with Crippen molar-refractivity contribution in [2.24, 2.45) is 5.92 Å². The second-order valence-corrected chi connectivity index (χ2v) is 8.24. The number of ether oxygens (including phenoxy) is 1. The maximum absolute atomic E-state index is 5.35. The summed E-state index contributed by atoms with van der Waals surface area (Å²) in [7, 11) is 1.72. The first-order valence-electron chi connectivity index (χ1n) is 12.1. The molecule has 0 aromatic carbocycles. The summed E-state index contributed by atoms with van der Waals surface area (Å²) in [6.45, 7) is 26.6. The highest BCUT2D eigenvalue weighted by Crippen LogP contribution is 2.16. The Morgan fingerprint density at radius 1 is 1.12 bits per heavy atom. The van der Waals surface area contributed by atoms with Crippen molar-refractivity contribution >= 4 is 17.7 Å². The standard InChI is InChI=1S/C29H41NO.C2H6/c1-10-13-14-26(23(6)7)20-30-21-28(27(17-18-31-9)29(30)12-3)24(8)15-16-25(11-2)19-22(4)5;1-2/h10-17,21-22H,6,8,18-20H2,1-5,7,9H3;1-2H3/b13-10-,16-15-,25-11+,26-14-,27-17-,29-12+;. The van der Waals surface area contributed by atoms with Gasteiger partial charge < -0.3 is 9.30 Å². The van der Waals surface area contributed by atoms with E-state index in [4.69, 9.17) is 4.74 Å². The van der Waals surface area contributed by atoms with Crippen LogP contribution in [0.5, 0.6) is 0 Å². The van der Waals surface area contributed by atoms with Gasteiger partial charge in [0.2, 0.25) is 0 Å². The number of methoxy groups -OCH3 is 1. The zero-order valence-corrected chi connectivity index (χ0v) is 22.7. The van der Waals surface area contributed by atoms with Crippen molar-refractivity contribution in [3.05, 3.63) is 88.7 Å². The van der Waals surface area contributed by atoms with Gasteiger partial charge in [-0.15, -0.1) is 0 Å². The van der Waals surface area contributed by atoms with E-state index in [-0.39, 0.29) is 0 Å². The zero-order chi connectivity index (χ0) is 25.4. The fourth-order valence-corrected chi connectivity index (χ4v) is 3.45. The van der Waals surface area contributed by atoms with Crippen molar-refractivity contribution in [3.63, 3.8) is 0 Å². The van der Waals surface area contributed by atoms with E-state index in [0.717, 1.165) is 34.9 Å². The molecule has 0 aliphatic heterocycles. The van der Waals surface area contributed by atoms with Crippen molar-refractivity contribution in [1.82, 2.24) is 4.57 Å². The summed E-state index contributed by atoms with van der Waals surface area (Å²) in [6, 6.07) is 0. The molecule has 0 aliphatic rings. The molecule has 182 valence electrons. The molecule has 1 rings (SSSR count). The maximum atomic E-state index is 5.35. The zero-order valence-electron chi connectivity index (χ0n) is 22.7. The van der Waals surface area contributed by atoms with Crippen LogP contribution in [0, 0.1) is 5.92 Å². The fourth-order valence-electron chi connectivity index (χ4n) is 3.45. The number of nitrogens with zero attached hydrogens (tertiary/aromatic N) is 1. The molecule has 0 atom stereocenters. The predicted octanol–water partition coefficient (Wildman–Crippen LogP) is 7.38. The quantitative estimate of drug-likeness (QED) is 0.321. The van der Waals surface area contributed by atoms with Crippen LogP contribution in [0.25, 0.3) is 17.7 Å². The Morgan fingerprint density at radius 2 is 1.79 bits per heavy atom. The lowest BCUT2D eigenvalue weighted by Gasteiger charge is -2.09. The molecule has 33 heavy (non-hydrogen) atoms. The van der Waals surface area contributed by atoms with Gasteiger partial charge in [0.1, 0.15) is 0 Å². The molecule has 0 bridgehead atoms. The first-order chi connectivity index (χ1) is 15.8. The monoisotopic (exact) mass is 449 g/mol. The number of rotatable bonds is 11. The normalized spacial score (nSPS) is 13.9. The molecule has 0 radical (unpaired) electrons. The van der Waals surface area contributed by atoms with Gasteiger partial charge in [0.15, 0.2) is 0 Å². The minimum atomic E-state index is 0.560. The lowest BCUT2D eigenvalue weighted by Crippen LogP contribution is -2.31. The van der Waals surface area contributed by atoms with Crippen LogP contribution in [0.15, 0.2) is 72.5 Å². The number of hydrogen-bond donors (Lipinski definition) is 0. The smallest absolute Gasteiger partial charge is 0.0653 e. The summed E-state index contributed by atoms with van der Waals surface area (Å²) in [6.07, 6.45) is 20.3. The van der Waals surface area contributed by atoms with Gasteiger partial charge in [0.05, 0.1) is 6.61 Å². The largest absolute Gasteiger partial charge is 0.381 e. The van der Waals surface area contributed by atoms with Crippen LogP contribution in [-0.2, 0) is 11.3 Å². The van der Waals surface area contributed by atoms with Gasteiger partial charge in [-0.05, 0) is 57.3 Å². The third-order valence-electron chi connectivity index (χ3n) is 5.13. The fraction of sp³-hybridized carbons (Fsp3) is 0.419. The molecule has 0 saturated heterocycles. The van der Waals surface area contributed by atoms with Crippen LogP contribution in [0.4, 0.5) is 0 Å². The van der Waals surface area contributed by atoms with Gasteiger partial charge in [0, 0.05) is 36.0 Å². The minimum Gasteiger partial charge on any atom is -0.381 e. The summed E-state index contributed by atoms with van der Waals surface area (Å²) in [5.41, 5.74) is 5.74. The molecule has 0 N–H and O–H groups in total. The van der Waals surface area contributed by atoms with Crippen molar-refractivity contribution in [3.8, 4) is 0 Å². The maximum Gasteiger partial charge on any atom is 0.0653 e. The third-order valence-corrected chi connectivity index (χ3v) is 5.13. The van der Waals surface area contributed by atoms with Gasteiger partial charge in [-0.25, -0.2) is 0 Å². The number of allylic oxidation sites excluding steroid dienone is 10. The van der Waals surface area contributed by atoms with Crippen molar-refractivity contribution < 1.29 is 4.74 Å². The Bertz CT molecular complexity index is 990. The lowest BCUT2D eigenvalue weighted by molar-refractivity contribution is 0.243. The summed E-state index contributed by atoms with van der Waals surface area (Å²) in [5, 5.41) is 2.33. The van der Waals surface area contributed by atoms with E-state index in [1.54, 1.807) is 7.11 Å². The van der Waals surface area contributed by atoms with Crippen LogP contribution in [0.2, 0.25) is 0 Å². The molecule has 0 saturated carbocycles. The molecule has 2 heteroatoms. The van der Waals surface area contributed by atoms with E-state index in [2.05, 4.69) is 101 Å². The van der Waals surface area contributed by atoms with E-state index in [1.165, 1.54) is 16.5 Å². The topological polar surface area (TPSA) is 14.2 Å². The van der Waals surface area contributed by atoms with Crippen molar-refractivity contribution in [1.29, 1.82) is 0 Å².